The highest BCUT2D eigenvalue weighted by Crippen LogP contribution is 2.46. The summed E-state index contributed by atoms with van der Waals surface area (Å²) in [5.41, 5.74) is 1.38. The number of aromatic nitrogens is 5. The van der Waals surface area contributed by atoms with Crippen LogP contribution in [0.1, 0.15) is 30.7 Å². The van der Waals surface area contributed by atoms with Crippen molar-refractivity contribution < 1.29 is 13.6 Å². The van der Waals surface area contributed by atoms with Gasteiger partial charge in [0.05, 0.1) is 19.2 Å². The first-order chi connectivity index (χ1) is 13.8. The number of hydrogen-bond acceptors (Lipinski definition) is 6. The summed E-state index contributed by atoms with van der Waals surface area (Å²) in [6.45, 7) is 0. The first-order valence-electron chi connectivity index (χ1n) is 8.95. The SMILES string of the molecule is Cn1nnc(-c2ccc([C@H](C(=O)Nc3ncc(Cl)s3)[C@H]3CCC(F)(F)C3)cc2)n1. The third-order valence-corrected chi connectivity index (χ3v) is 5.97. The van der Waals surface area contributed by atoms with Gasteiger partial charge in [-0.2, -0.15) is 4.80 Å². The number of thiazole rings is 1. The van der Waals surface area contributed by atoms with Gasteiger partial charge >= 0.3 is 0 Å². The number of rotatable bonds is 5. The second-order valence-electron chi connectivity index (χ2n) is 7.02. The Morgan fingerprint density at radius 1 is 1.38 bits per heavy atom. The number of benzene rings is 1. The predicted molar refractivity (Wildman–Crippen MR) is 105 cm³/mol. The fourth-order valence-electron chi connectivity index (χ4n) is 3.64. The van der Waals surface area contributed by atoms with Crippen LogP contribution in [0.3, 0.4) is 0 Å². The van der Waals surface area contributed by atoms with Gasteiger partial charge in [0.15, 0.2) is 5.13 Å². The summed E-state index contributed by atoms with van der Waals surface area (Å²) in [4.78, 5) is 18.4. The molecule has 1 saturated carbocycles. The molecule has 0 unspecified atom stereocenters. The Kier molecular flexibility index (Phi) is 5.30. The van der Waals surface area contributed by atoms with Crippen LogP contribution in [0, 0.1) is 5.92 Å². The molecule has 1 aromatic carbocycles. The lowest BCUT2D eigenvalue weighted by atomic mass is 9.83. The number of halogens is 3. The number of aryl methyl sites for hydroxylation is 1. The van der Waals surface area contributed by atoms with Crippen LogP contribution in [0.2, 0.25) is 4.34 Å². The van der Waals surface area contributed by atoms with Gasteiger partial charge in [0.1, 0.15) is 4.34 Å². The maximum absolute atomic E-state index is 13.9. The number of carbonyl (C=O) groups excluding carboxylic acids is 1. The lowest BCUT2D eigenvalue weighted by molar-refractivity contribution is -0.118. The molecule has 1 amide bonds. The Labute approximate surface area is 174 Å². The number of nitrogens with zero attached hydrogens (tertiary/aromatic N) is 5. The molecule has 2 heterocycles. The molecule has 0 aliphatic heterocycles. The van der Waals surface area contributed by atoms with Crippen molar-refractivity contribution in [1.29, 1.82) is 0 Å². The minimum atomic E-state index is -2.75. The minimum absolute atomic E-state index is 0.216. The van der Waals surface area contributed by atoms with Gasteiger partial charge in [-0.05, 0) is 23.1 Å². The van der Waals surface area contributed by atoms with Crippen LogP contribution in [0.15, 0.2) is 30.5 Å². The maximum atomic E-state index is 13.9. The topological polar surface area (TPSA) is 85.6 Å². The molecule has 0 spiro atoms. The lowest BCUT2D eigenvalue weighted by Gasteiger charge is -2.23. The molecule has 4 rings (SSSR count). The van der Waals surface area contributed by atoms with Crippen LogP contribution in [0.5, 0.6) is 0 Å². The van der Waals surface area contributed by atoms with Crippen molar-refractivity contribution >= 4 is 34.0 Å². The summed E-state index contributed by atoms with van der Waals surface area (Å²) in [5.74, 6) is -3.87. The summed E-state index contributed by atoms with van der Waals surface area (Å²) in [6.07, 6.45) is 1.17. The Balaban J connectivity index is 1.61. The highest BCUT2D eigenvalue weighted by Gasteiger charge is 2.45. The monoisotopic (exact) mass is 438 g/mol. The van der Waals surface area contributed by atoms with E-state index in [0.717, 1.165) is 16.9 Å². The number of nitrogens with one attached hydrogen (secondary N) is 1. The molecule has 7 nitrogen and oxygen atoms in total. The molecule has 0 saturated heterocycles. The average molecular weight is 439 g/mol. The molecule has 29 heavy (non-hydrogen) atoms. The van der Waals surface area contributed by atoms with Crippen molar-refractivity contribution in [2.45, 2.75) is 31.1 Å². The van der Waals surface area contributed by atoms with E-state index in [-0.39, 0.29) is 25.2 Å². The second-order valence-corrected chi connectivity index (χ2v) is 8.68. The van der Waals surface area contributed by atoms with Crippen LogP contribution in [-0.2, 0) is 11.8 Å². The standard InChI is InChI=1S/C18H17ClF2N6OS/c1-27-25-15(24-26-27)11-4-2-10(3-5-11)14(12-6-7-18(20,21)8-12)16(28)23-17-22-9-13(19)29-17/h2-5,9,12,14H,6-8H2,1H3,(H,22,23,28)/t12-,14-/m0/s1. The smallest absolute Gasteiger partial charge is 0.248 e. The van der Waals surface area contributed by atoms with Gasteiger partial charge in [0, 0.05) is 18.4 Å². The van der Waals surface area contributed by atoms with Gasteiger partial charge in [-0.25, -0.2) is 13.8 Å². The van der Waals surface area contributed by atoms with E-state index >= 15 is 0 Å². The highest BCUT2D eigenvalue weighted by molar-refractivity contribution is 7.19. The van der Waals surface area contributed by atoms with Gasteiger partial charge in [0.2, 0.25) is 17.7 Å². The first kappa shape index (κ1) is 19.8. The highest BCUT2D eigenvalue weighted by atomic mass is 35.5. The van der Waals surface area contributed by atoms with Crippen molar-refractivity contribution in [3.05, 3.63) is 40.4 Å². The maximum Gasteiger partial charge on any atom is 0.248 e. The molecule has 152 valence electrons. The molecular formula is C18H17ClF2N6OS. The minimum Gasteiger partial charge on any atom is -0.301 e. The molecule has 1 N–H and O–H groups in total. The van der Waals surface area contributed by atoms with Gasteiger partial charge in [-0.15, -0.1) is 10.2 Å². The number of tetrazole rings is 1. The van der Waals surface area contributed by atoms with Crippen molar-refractivity contribution in [2.24, 2.45) is 13.0 Å². The number of amides is 1. The summed E-state index contributed by atoms with van der Waals surface area (Å²) < 4.78 is 28.2. The Hall–Kier alpha value is -2.46. The van der Waals surface area contributed by atoms with Crippen LogP contribution in [0.4, 0.5) is 13.9 Å². The summed E-state index contributed by atoms with van der Waals surface area (Å²) in [5, 5.41) is 15.0. The molecular weight excluding hydrogens is 422 g/mol. The summed E-state index contributed by atoms with van der Waals surface area (Å²) in [7, 11) is 1.66. The number of alkyl halides is 2. The van der Waals surface area contributed by atoms with Crippen molar-refractivity contribution in [2.75, 3.05) is 5.32 Å². The zero-order chi connectivity index (χ0) is 20.6. The third-order valence-electron chi connectivity index (χ3n) is 4.94. The first-order valence-corrected chi connectivity index (χ1v) is 10.1. The van der Waals surface area contributed by atoms with Crippen LogP contribution in [0.25, 0.3) is 11.4 Å². The van der Waals surface area contributed by atoms with Crippen LogP contribution >= 0.6 is 22.9 Å². The third kappa shape index (κ3) is 4.43. The lowest BCUT2D eigenvalue weighted by Crippen LogP contribution is -2.27. The molecule has 3 aromatic rings. The fourth-order valence-corrected chi connectivity index (χ4v) is 4.46. The van der Waals surface area contributed by atoms with Crippen molar-refractivity contribution in [1.82, 2.24) is 25.2 Å². The zero-order valence-corrected chi connectivity index (χ0v) is 16.9. The number of anilines is 1. The van der Waals surface area contributed by atoms with Gasteiger partial charge in [-0.1, -0.05) is 47.2 Å². The van der Waals surface area contributed by atoms with Crippen molar-refractivity contribution in [3.63, 3.8) is 0 Å². The Bertz CT molecular complexity index is 1020. The Morgan fingerprint density at radius 3 is 2.69 bits per heavy atom. The zero-order valence-electron chi connectivity index (χ0n) is 15.3. The Morgan fingerprint density at radius 2 is 2.14 bits per heavy atom. The van der Waals surface area contributed by atoms with E-state index < -0.39 is 17.8 Å². The molecule has 1 fully saturated rings. The molecule has 0 radical (unpaired) electrons. The van der Waals surface area contributed by atoms with Gasteiger partial charge in [-0.3, -0.25) is 4.79 Å². The van der Waals surface area contributed by atoms with E-state index in [1.165, 1.54) is 11.0 Å². The van der Waals surface area contributed by atoms with E-state index in [9.17, 15) is 13.6 Å². The van der Waals surface area contributed by atoms with E-state index in [1.807, 2.05) is 0 Å². The van der Waals surface area contributed by atoms with E-state index in [0.29, 0.717) is 20.9 Å². The summed E-state index contributed by atoms with van der Waals surface area (Å²) >= 11 is 6.99. The van der Waals surface area contributed by atoms with Gasteiger partial charge < -0.3 is 5.32 Å². The average Bonchev–Trinajstić information content (AvgIpc) is 3.37. The van der Waals surface area contributed by atoms with Gasteiger partial charge in [0.25, 0.3) is 0 Å². The van der Waals surface area contributed by atoms with Crippen LogP contribution in [-0.4, -0.2) is 37.0 Å². The second kappa shape index (κ2) is 7.75. The fraction of sp³-hybridized carbons (Fsp3) is 0.389. The summed E-state index contributed by atoms with van der Waals surface area (Å²) in [6, 6.07) is 7.03. The largest absolute Gasteiger partial charge is 0.301 e. The van der Waals surface area contributed by atoms with Crippen molar-refractivity contribution in [3.8, 4) is 11.4 Å². The predicted octanol–water partition coefficient (Wildman–Crippen LogP) is 4.14. The molecule has 1 aliphatic carbocycles. The quantitative estimate of drug-likeness (QED) is 0.646. The molecule has 2 atom stereocenters. The molecule has 11 heteroatoms. The van der Waals surface area contributed by atoms with E-state index in [2.05, 4.69) is 25.7 Å². The number of hydrogen-bond donors (Lipinski definition) is 1. The molecule has 0 bridgehead atoms. The normalized spacial score (nSPS) is 19.2. The van der Waals surface area contributed by atoms with E-state index in [4.69, 9.17) is 11.6 Å². The van der Waals surface area contributed by atoms with E-state index in [1.54, 1.807) is 31.3 Å². The van der Waals surface area contributed by atoms with Crippen LogP contribution < -0.4 is 5.32 Å². The number of carbonyl (C=O) groups is 1. The molecule has 1 aliphatic rings. The molecule has 2 aromatic heterocycles.